The zero-order valence-corrected chi connectivity index (χ0v) is 14.9. The van der Waals surface area contributed by atoms with Gasteiger partial charge in [0.15, 0.2) is 0 Å². The van der Waals surface area contributed by atoms with E-state index < -0.39 is 6.10 Å². The molecule has 1 fully saturated rings. The number of rotatable bonds is 12. The normalized spacial score (nSPS) is 23.6. The van der Waals surface area contributed by atoms with Crippen LogP contribution in [0.15, 0.2) is 0 Å². The summed E-state index contributed by atoms with van der Waals surface area (Å²) in [6.07, 6.45) is 1.04. The van der Waals surface area contributed by atoms with E-state index in [9.17, 15) is 5.11 Å². The fourth-order valence-corrected chi connectivity index (χ4v) is 2.26. The van der Waals surface area contributed by atoms with Crippen LogP contribution in [0.3, 0.4) is 0 Å². The molecule has 3 atom stereocenters. The molecule has 1 saturated heterocycles. The Morgan fingerprint density at radius 2 is 1.46 bits per heavy atom. The molecule has 0 aromatic carbocycles. The van der Waals surface area contributed by atoms with E-state index in [-0.39, 0.29) is 12.7 Å². The first-order valence-corrected chi connectivity index (χ1v) is 8.75. The smallest absolute Gasteiger partial charge is 0.107 e. The summed E-state index contributed by atoms with van der Waals surface area (Å²) in [6.45, 7) is 7.30. The van der Waals surface area contributed by atoms with E-state index in [0.717, 1.165) is 12.8 Å². The molecule has 0 saturated carbocycles. The van der Waals surface area contributed by atoms with Crippen molar-refractivity contribution in [3.05, 3.63) is 0 Å². The fourth-order valence-electron chi connectivity index (χ4n) is 2.26. The lowest BCUT2D eigenvalue weighted by Gasteiger charge is -2.33. The van der Waals surface area contributed by atoms with Gasteiger partial charge in [-0.25, -0.2) is 0 Å². The molecule has 0 aromatic heterocycles. The van der Waals surface area contributed by atoms with Gasteiger partial charge < -0.3 is 40.6 Å². The Bertz CT molecular complexity index is 239. The van der Waals surface area contributed by atoms with E-state index in [2.05, 4.69) is 0 Å². The predicted octanol–water partition coefficient (Wildman–Crippen LogP) is -0.892. The standard InChI is InChI=1S/C8H20N2O3.C8H16O3/c9-1-3-11-5-7-13-8-6-12-4-2-10;1-2-6-3-4-11-7(5-9)8(6)10/h1-10H2;6-10H,2-5H2,1H3. The van der Waals surface area contributed by atoms with E-state index >= 15 is 0 Å². The molecule has 1 aliphatic heterocycles. The Kier molecular flexibility index (Phi) is 17.3. The summed E-state index contributed by atoms with van der Waals surface area (Å²) in [4.78, 5) is 0. The van der Waals surface area contributed by atoms with Gasteiger partial charge in [0.25, 0.3) is 0 Å². The third-order valence-electron chi connectivity index (χ3n) is 3.66. The van der Waals surface area contributed by atoms with Gasteiger partial charge in [0, 0.05) is 19.7 Å². The minimum absolute atomic E-state index is 0.0718. The van der Waals surface area contributed by atoms with Crippen molar-refractivity contribution < 1.29 is 29.2 Å². The number of ether oxygens (including phenoxy) is 4. The largest absolute Gasteiger partial charge is 0.394 e. The minimum Gasteiger partial charge on any atom is -0.394 e. The van der Waals surface area contributed by atoms with Crippen molar-refractivity contribution in [2.75, 3.05) is 65.9 Å². The summed E-state index contributed by atoms with van der Waals surface area (Å²) in [7, 11) is 0. The third kappa shape index (κ3) is 12.1. The first-order valence-electron chi connectivity index (χ1n) is 8.75. The molecule has 0 aliphatic carbocycles. The number of hydrogen-bond donors (Lipinski definition) is 4. The topological polar surface area (TPSA) is 129 Å². The molecule has 0 spiro atoms. The monoisotopic (exact) mass is 352 g/mol. The van der Waals surface area contributed by atoms with Gasteiger partial charge in [-0.2, -0.15) is 0 Å². The Labute approximate surface area is 145 Å². The van der Waals surface area contributed by atoms with Gasteiger partial charge >= 0.3 is 0 Å². The van der Waals surface area contributed by atoms with Crippen LogP contribution >= 0.6 is 0 Å². The lowest BCUT2D eigenvalue weighted by atomic mass is 9.90. The zero-order valence-electron chi connectivity index (χ0n) is 14.9. The minimum atomic E-state index is -0.473. The second-order valence-electron chi connectivity index (χ2n) is 5.45. The van der Waals surface area contributed by atoms with Gasteiger partial charge in [0.05, 0.1) is 52.4 Å². The Morgan fingerprint density at radius 1 is 0.958 bits per heavy atom. The summed E-state index contributed by atoms with van der Waals surface area (Å²) in [5, 5.41) is 18.3. The van der Waals surface area contributed by atoms with E-state index in [0.29, 0.717) is 65.3 Å². The summed E-state index contributed by atoms with van der Waals surface area (Å²) in [5.41, 5.74) is 10.5. The molecule has 1 heterocycles. The Hall–Kier alpha value is -0.320. The van der Waals surface area contributed by atoms with Crippen LogP contribution in [0.25, 0.3) is 0 Å². The molecule has 0 aromatic rings. The molecule has 24 heavy (non-hydrogen) atoms. The summed E-state index contributed by atoms with van der Waals surface area (Å²) in [5.74, 6) is 0.306. The second-order valence-corrected chi connectivity index (χ2v) is 5.45. The van der Waals surface area contributed by atoms with Crippen molar-refractivity contribution in [1.29, 1.82) is 0 Å². The van der Waals surface area contributed by atoms with Crippen molar-refractivity contribution in [1.82, 2.24) is 0 Å². The highest BCUT2D eigenvalue weighted by Crippen LogP contribution is 2.23. The maximum Gasteiger partial charge on any atom is 0.107 e. The molecule has 1 aliphatic rings. The third-order valence-corrected chi connectivity index (χ3v) is 3.66. The van der Waals surface area contributed by atoms with Crippen molar-refractivity contribution >= 4 is 0 Å². The van der Waals surface area contributed by atoms with Crippen LogP contribution in [0.1, 0.15) is 19.8 Å². The van der Waals surface area contributed by atoms with Crippen molar-refractivity contribution in [3.63, 3.8) is 0 Å². The van der Waals surface area contributed by atoms with Gasteiger partial charge in [-0.15, -0.1) is 0 Å². The number of nitrogens with two attached hydrogens (primary N) is 2. The molecular formula is C16H36N2O6. The summed E-state index contributed by atoms with van der Waals surface area (Å²) in [6, 6.07) is 0. The van der Waals surface area contributed by atoms with Crippen molar-refractivity contribution in [2.45, 2.75) is 32.0 Å². The molecular weight excluding hydrogens is 316 g/mol. The van der Waals surface area contributed by atoms with E-state index in [1.807, 2.05) is 6.92 Å². The highest BCUT2D eigenvalue weighted by molar-refractivity contribution is 4.79. The van der Waals surface area contributed by atoms with Crippen LogP contribution in [0.2, 0.25) is 0 Å². The molecule has 0 amide bonds. The number of hydrogen-bond acceptors (Lipinski definition) is 8. The van der Waals surface area contributed by atoms with E-state index in [4.69, 9.17) is 35.5 Å². The predicted molar refractivity (Wildman–Crippen MR) is 91.8 cm³/mol. The maximum atomic E-state index is 9.54. The average Bonchev–Trinajstić information content (AvgIpc) is 2.61. The van der Waals surface area contributed by atoms with Gasteiger partial charge in [-0.1, -0.05) is 13.3 Å². The maximum absolute atomic E-state index is 9.54. The molecule has 8 nitrogen and oxygen atoms in total. The molecule has 3 unspecified atom stereocenters. The second kappa shape index (κ2) is 17.5. The first-order chi connectivity index (χ1) is 11.7. The number of aliphatic hydroxyl groups excluding tert-OH is 2. The van der Waals surface area contributed by atoms with Crippen LogP contribution in [-0.4, -0.2) is 88.4 Å². The van der Waals surface area contributed by atoms with E-state index in [1.54, 1.807) is 0 Å². The highest BCUT2D eigenvalue weighted by Gasteiger charge is 2.30. The quantitative estimate of drug-likeness (QED) is 0.333. The molecule has 1 rings (SSSR count). The van der Waals surface area contributed by atoms with Gasteiger partial charge in [-0.05, 0) is 12.3 Å². The first kappa shape index (κ1) is 23.7. The van der Waals surface area contributed by atoms with Crippen molar-refractivity contribution in [2.24, 2.45) is 17.4 Å². The zero-order chi connectivity index (χ0) is 18.0. The van der Waals surface area contributed by atoms with Gasteiger partial charge in [0.2, 0.25) is 0 Å². The number of aliphatic hydroxyl groups is 2. The van der Waals surface area contributed by atoms with Crippen LogP contribution in [0.4, 0.5) is 0 Å². The lowest BCUT2D eigenvalue weighted by molar-refractivity contribution is -0.122. The van der Waals surface area contributed by atoms with Crippen molar-refractivity contribution in [3.8, 4) is 0 Å². The van der Waals surface area contributed by atoms with Crippen LogP contribution in [0, 0.1) is 5.92 Å². The molecule has 146 valence electrons. The lowest BCUT2D eigenvalue weighted by Crippen LogP contribution is -2.42. The fraction of sp³-hybridized carbons (Fsp3) is 1.00. The van der Waals surface area contributed by atoms with Crippen LogP contribution < -0.4 is 11.5 Å². The summed E-state index contributed by atoms with van der Waals surface area (Å²) < 4.78 is 20.6. The summed E-state index contributed by atoms with van der Waals surface area (Å²) >= 11 is 0. The highest BCUT2D eigenvalue weighted by atomic mass is 16.5. The molecule has 8 heteroatoms. The molecule has 6 N–H and O–H groups in total. The van der Waals surface area contributed by atoms with Crippen LogP contribution in [0.5, 0.6) is 0 Å². The van der Waals surface area contributed by atoms with Crippen LogP contribution in [-0.2, 0) is 18.9 Å². The molecule has 0 radical (unpaired) electrons. The average molecular weight is 352 g/mol. The Balaban J connectivity index is 0.000000446. The SMILES string of the molecule is CCC1CCOC(CO)C1O.NCCOCCOCCOCCN. The van der Waals surface area contributed by atoms with E-state index in [1.165, 1.54) is 0 Å². The Morgan fingerprint density at radius 3 is 1.88 bits per heavy atom. The van der Waals surface area contributed by atoms with Gasteiger partial charge in [0.1, 0.15) is 6.10 Å². The molecule has 0 bridgehead atoms. The van der Waals surface area contributed by atoms with Gasteiger partial charge in [-0.3, -0.25) is 0 Å².